The summed E-state index contributed by atoms with van der Waals surface area (Å²) >= 11 is 8.88. The van der Waals surface area contributed by atoms with Crippen molar-refractivity contribution in [1.29, 1.82) is 0 Å². The first-order valence-electron chi connectivity index (χ1n) is 8.38. The number of thiazole rings is 1. The predicted octanol–water partition coefficient (Wildman–Crippen LogP) is 4.83. The maximum absolute atomic E-state index is 5.57. The number of likely N-dealkylation sites (tertiary alicyclic amines) is 1. The van der Waals surface area contributed by atoms with E-state index in [4.69, 9.17) is 26.7 Å². The molecule has 0 N–H and O–H groups in total. The zero-order chi connectivity index (χ0) is 17.6. The Morgan fingerprint density at radius 3 is 2.84 bits per heavy atom. The summed E-state index contributed by atoms with van der Waals surface area (Å²) < 4.78 is 12.0. The smallest absolute Gasteiger partial charge is 0.161 e. The summed E-state index contributed by atoms with van der Waals surface area (Å²) in [7, 11) is 1.66. The Kier molecular flexibility index (Phi) is 6.56. The van der Waals surface area contributed by atoms with Gasteiger partial charge in [0.1, 0.15) is 9.33 Å². The van der Waals surface area contributed by atoms with Gasteiger partial charge in [-0.25, -0.2) is 4.98 Å². The van der Waals surface area contributed by atoms with Gasteiger partial charge in [-0.15, -0.1) is 11.3 Å². The molecular formula is C18H22N2O2S3. The van der Waals surface area contributed by atoms with Crippen molar-refractivity contribution < 1.29 is 9.47 Å². The highest BCUT2D eigenvalue weighted by atomic mass is 32.2. The second-order valence-electron chi connectivity index (χ2n) is 5.69. The molecule has 0 spiro atoms. The first-order valence-corrected chi connectivity index (χ1v) is 10.7. The van der Waals surface area contributed by atoms with Gasteiger partial charge in [-0.3, -0.25) is 0 Å². The van der Waals surface area contributed by atoms with Gasteiger partial charge >= 0.3 is 0 Å². The normalized spacial score (nSPS) is 13.9. The Balaban J connectivity index is 1.65. The van der Waals surface area contributed by atoms with Crippen molar-refractivity contribution in [1.82, 2.24) is 9.88 Å². The molecule has 134 valence electrons. The average Bonchev–Trinajstić information content (AvgIpc) is 3.32. The highest BCUT2D eigenvalue weighted by Crippen LogP contribution is 2.34. The fourth-order valence-corrected chi connectivity index (χ4v) is 4.77. The summed E-state index contributed by atoms with van der Waals surface area (Å²) in [4.78, 5) is 7.05. The van der Waals surface area contributed by atoms with E-state index < -0.39 is 0 Å². The highest BCUT2D eigenvalue weighted by Gasteiger charge is 2.16. The lowest BCUT2D eigenvalue weighted by molar-refractivity contribution is 0.311. The van der Waals surface area contributed by atoms with Crippen LogP contribution in [0.2, 0.25) is 0 Å². The van der Waals surface area contributed by atoms with Gasteiger partial charge in [0.15, 0.2) is 11.5 Å². The zero-order valence-electron chi connectivity index (χ0n) is 14.5. The van der Waals surface area contributed by atoms with Gasteiger partial charge in [0.25, 0.3) is 0 Å². The molecule has 1 aromatic carbocycles. The van der Waals surface area contributed by atoms with E-state index in [2.05, 4.69) is 10.3 Å². The minimum absolute atomic E-state index is 0.616. The predicted molar refractivity (Wildman–Crippen MR) is 110 cm³/mol. The first-order chi connectivity index (χ1) is 12.2. The van der Waals surface area contributed by atoms with Crippen molar-refractivity contribution >= 4 is 39.6 Å². The molecule has 1 saturated heterocycles. The molecule has 0 amide bonds. The van der Waals surface area contributed by atoms with E-state index in [1.165, 1.54) is 12.8 Å². The van der Waals surface area contributed by atoms with Gasteiger partial charge in [-0.05, 0) is 38.0 Å². The fourth-order valence-electron chi connectivity index (χ4n) is 2.71. The van der Waals surface area contributed by atoms with Crippen molar-refractivity contribution in [3.63, 3.8) is 0 Å². The molecule has 0 radical (unpaired) electrons. The maximum atomic E-state index is 5.57. The third kappa shape index (κ3) is 4.65. The fraction of sp³-hybridized carbons (Fsp3) is 0.444. The number of nitrogens with zero attached hydrogens (tertiary/aromatic N) is 2. The van der Waals surface area contributed by atoms with Crippen LogP contribution in [0.5, 0.6) is 11.5 Å². The largest absolute Gasteiger partial charge is 0.493 e. The van der Waals surface area contributed by atoms with Crippen molar-refractivity contribution in [3.05, 3.63) is 29.3 Å². The van der Waals surface area contributed by atoms with Gasteiger partial charge < -0.3 is 14.4 Å². The van der Waals surface area contributed by atoms with Gasteiger partial charge in [0.2, 0.25) is 0 Å². The lowest BCUT2D eigenvalue weighted by Gasteiger charge is -2.16. The van der Waals surface area contributed by atoms with Crippen molar-refractivity contribution in [3.8, 4) is 22.1 Å². The molecule has 2 heterocycles. The van der Waals surface area contributed by atoms with Gasteiger partial charge in [-0.1, -0.05) is 24.0 Å². The Morgan fingerprint density at radius 1 is 1.32 bits per heavy atom. The van der Waals surface area contributed by atoms with E-state index in [0.29, 0.717) is 6.61 Å². The Bertz CT molecular complexity index is 727. The van der Waals surface area contributed by atoms with Crippen molar-refractivity contribution in [2.45, 2.75) is 25.5 Å². The van der Waals surface area contributed by atoms with Crippen molar-refractivity contribution in [2.75, 3.05) is 26.8 Å². The SMILES string of the molecule is CCOc1ccc(-c2nc(CSC(=S)N3CCCC3)cs2)cc1OC. The number of hydrogen-bond acceptors (Lipinski definition) is 6. The maximum Gasteiger partial charge on any atom is 0.161 e. The minimum Gasteiger partial charge on any atom is -0.493 e. The van der Waals surface area contributed by atoms with Crippen LogP contribution >= 0.6 is 35.3 Å². The van der Waals surface area contributed by atoms with Crippen LogP contribution in [0.1, 0.15) is 25.5 Å². The van der Waals surface area contributed by atoms with E-state index in [1.807, 2.05) is 25.1 Å². The molecule has 1 aromatic heterocycles. The molecule has 1 fully saturated rings. The molecule has 2 aromatic rings. The monoisotopic (exact) mass is 394 g/mol. The Hall–Kier alpha value is -1.31. The third-order valence-electron chi connectivity index (χ3n) is 3.97. The molecule has 1 aliphatic heterocycles. The van der Waals surface area contributed by atoms with E-state index in [1.54, 1.807) is 30.2 Å². The number of benzene rings is 1. The van der Waals surface area contributed by atoms with Gasteiger partial charge in [0.05, 0.1) is 19.4 Å². The molecule has 1 aliphatic rings. The second kappa shape index (κ2) is 8.87. The number of rotatable bonds is 6. The first kappa shape index (κ1) is 18.5. The van der Waals surface area contributed by atoms with E-state index in [9.17, 15) is 0 Å². The highest BCUT2D eigenvalue weighted by molar-refractivity contribution is 8.22. The van der Waals surface area contributed by atoms with E-state index in [-0.39, 0.29) is 0 Å². The summed E-state index contributed by atoms with van der Waals surface area (Å²) in [6.45, 7) is 4.77. The Labute approximate surface area is 162 Å². The molecule has 7 heteroatoms. The minimum atomic E-state index is 0.616. The van der Waals surface area contributed by atoms with Crippen LogP contribution in [0, 0.1) is 0 Å². The van der Waals surface area contributed by atoms with Gasteiger partial charge in [0, 0.05) is 29.8 Å². The molecule has 0 unspecified atom stereocenters. The van der Waals surface area contributed by atoms with Crippen LogP contribution in [-0.2, 0) is 5.75 Å². The number of methoxy groups -OCH3 is 1. The topological polar surface area (TPSA) is 34.6 Å². The second-order valence-corrected chi connectivity index (χ2v) is 8.16. The van der Waals surface area contributed by atoms with Crippen LogP contribution < -0.4 is 9.47 Å². The number of hydrogen-bond donors (Lipinski definition) is 0. The molecule has 25 heavy (non-hydrogen) atoms. The van der Waals surface area contributed by atoms with Crippen LogP contribution in [0.15, 0.2) is 23.6 Å². The molecule has 0 atom stereocenters. The lowest BCUT2D eigenvalue weighted by Crippen LogP contribution is -2.23. The quantitative estimate of drug-likeness (QED) is 0.653. The molecule has 0 saturated carbocycles. The van der Waals surface area contributed by atoms with Gasteiger partial charge in [-0.2, -0.15) is 0 Å². The summed E-state index contributed by atoms with van der Waals surface area (Å²) in [5, 5.41) is 3.10. The van der Waals surface area contributed by atoms with E-state index >= 15 is 0 Å². The Morgan fingerprint density at radius 2 is 2.12 bits per heavy atom. The number of thioether (sulfide) groups is 1. The summed E-state index contributed by atoms with van der Waals surface area (Å²) in [6, 6.07) is 5.95. The number of ether oxygens (including phenoxy) is 2. The van der Waals surface area contributed by atoms with E-state index in [0.717, 1.165) is 50.9 Å². The summed E-state index contributed by atoms with van der Waals surface area (Å²) in [5.41, 5.74) is 2.11. The van der Waals surface area contributed by atoms with Crippen LogP contribution in [0.25, 0.3) is 10.6 Å². The zero-order valence-corrected chi connectivity index (χ0v) is 16.9. The van der Waals surface area contributed by atoms with Crippen LogP contribution in [-0.4, -0.2) is 41.0 Å². The number of thiocarbonyl (C=S) groups is 1. The standard InChI is InChI=1S/C18H22N2O2S3/c1-3-22-15-7-6-13(10-16(15)21-2)17-19-14(11-24-17)12-25-18(23)20-8-4-5-9-20/h6-7,10-11H,3-5,8-9,12H2,1-2H3. The summed E-state index contributed by atoms with van der Waals surface area (Å²) in [6.07, 6.45) is 2.50. The molecule has 4 nitrogen and oxygen atoms in total. The molecule has 3 rings (SSSR count). The third-order valence-corrected chi connectivity index (χ3v) is 6.47. The lowest BCUT2D eigenvalue weighted by atomic mass is 10.2. The van der Waals surface area contributed by atoms with Crippen molar-refractivity contribution in [2.24, 2.45) is 0 Å². The van der Waals surface area contributed by atoms with Crippen LogP contribution in [0.4, 0.5) is 0 Å². The molecule has 0 aliphatic carbocycles. The van der Waals surface area contributed by atoms with Crippen LogP contribution in [0.3, 0.4) is 0 Å². The average molecular weight is 395 g/mol. The number of aromatic nitrogens is 1. The summed E-state index contributed by atoms with van der Waals surface area (Å²) in [5.74, 6) is 2.32. The molecular weight excluding hydrogens is 372 g/mol. The molecule has 0 bridgehead atoms.